The van der Waals surface area contributed by atoms with Crippen LogP contribution in [0.4, 0.5) is 0 Å². The fraction of sp³-hybridized carbons (Fsp3) is 0.667. The van der Waals surface area contributed by atoms with Gasteiger partial charge in [0.05, 0.1) is 0 Å². The Morgan fingerprint density at radius 1 is 1.19 bits per heavy atom. The van der Waals surface area contributed by atoms with Gasteiger partial charge in [-0.05, 0) is 37.2 Å². The summed E-state index contributed by atoms with van der Waals surface area (Å²) in [5, 5.41) is 3.17. The molecule has 1 aromatic rings. The average Bonchev–Trinajstić information content (AvgIpc) is 2.51. The van der Waals surface area contributed by atoms with E-state index in [1.807, 2.05) is 13.1 Å². The van der Waals surface area contributed by atoms with Crippen molar-refractivity contribution in [2.75, 3.05) is 33.3 Å². The van der Waals surface area contributed by atoms with Crippen molar-refractivity contribution in [3.05, 3.63) is 29.8 Å². The minimum absolute atomic E-state index is 0.761. The predicted octanol–water partition coefficient (Wildman–Crippen LogP) is 3.54. The summed E-state index contributed by atoms with van der Waals surface area (Å²) < 4.78 is 5.90. The van der Waals surface area contributed by atoms with Crippen LogP contribution in [0.3, 0.4) is 0 Å². The second-order valence-electron chi connectivity index (χ2n) is 5.60. The fourth-order valence-corrected chi connectivity index (χ4v) is 2.53. The second-order valence-corrected chi connectivity index (χ2v) is 5.60. The third kappa shape index (κ3) is 6.96. The van der Waals surface area contributed by atoms with Gasteiger partial charge in [-0.15, -0.1) is 0 Å². The van der Waals surface area contributed by atoms with Crippen LogP contribution in [0.5, 0.6) is 5.75 Å². The van der Waals surface area contributed by atoms with E-state index < -0.39 is 0 Å². The van der Waals surface area contributed by atoms with E-state index in [2.05, 4.69) is 49.2 Å². The van der Waals surface area contributed by atoms with Gasteiger partial charge in [-0.2, -0.15) is 0 Å². The molecular weight excluding hydrogens is 260 g/mol. The van der Waals surface area contributed by atoms with E-state index in [1.54, 1.807) is 0 Å². The summed E-state index contributed by atoms with van der Waals surface area (Å²) >= 11 is 0. The van der Waals surface area contributed by atoms with Crippen molar-refractivity contribution >= 4 is 0 Å². The third-order valence-corrected chi connectivity index (χ3v) is 4.07. The van der Waals surface area contributed by atoms with E-state index in [1.165, 1.54) is 24.9 Å². The number of hydrogen-bond donors (Lipinski definition) is 1. The number of ether oxygens (including phenoxy) is 1. The number of rotatable bonds is 11. The van der Waals surface area contributed by atoms with Crippen LogP contribution in [-0.4, -0.2) is 38.2 Å². The van der Waals surface area contributed by atoms with Crippen LogP contribution in [0.15, 0.2) is 24.3 Å². The molecule has 21 heavy (non-hydrogen) atoms. The van der Waals surface area contributed by atoms with E-state index in [0.717, 1.165) is 37.9 Å². The van der Waals surface area contributed by atoms with Gasteiger partial charge in [0.15, 0.2) is 0 Å². The Morgan fingerprint density at radius 3 is 2.57 bits per heavy atom. The van der Waals surface area contributed by atoms with Crippen molar-refractivity contribution in [1.82, 2.24) is 10.2 Å². The summed E-state index contributed by atoms with van der Waals surface area (Å²) in [5.41, 5.74) is 1.26. The minimum Gasteiger partial charge on any atom is -0.492 e. The predicted molar refractivity (Wildman–Crippen MR) is 90.9 cm³/mol. The lowest BCUT2D eigenvalue weighted by Gasteiger charge is -2.25. The van der Waals surface area contributed by atoms with Gasteiger partial charge in [-0.25, -0.2) is 0 Å². The van der Waals surface area contributed by atoms with E-state index in [4.69, 9.17) is 4.74 Å². The molecule has 0 radical (unpaired) electrons. The first-order valence-electron chi connectivity index (χ1n) is 8.32. The maximum absolute atomic E-state index is 5.90. The molecule has 0 unspecified atom stereocenters. The van der Waals surface area contributed by atoms with Gasteiger partial charge >= 0.3 is 0 Å². The van der Waals surface area contributed by atoms with Crippen LogP contribution in [0, 0.1) is 5.92 Å². The number of likely N-dealkylation sites (N-methyl/N-ethyl adjacent to an activating group) is 1. The van der Waals surface area contributed by atoms with Crippen molar-refractivity contribution in [1.29, 1.82) is 0 Å². The molecule has 3 nitrogen and oxygen atoms in total. The normalized spacial score (nSPS) is 11.3. The lowest BCUT2D eigenvalue weighted by Crippen LogP contribution is -2.32. The SMILES string of the molecule is CCC(CC)CN(CC)CCOc1cccc(CNC)c1. The standard InChI is InChI=1S/C18H32N2O/c1-5-16(6-2)15-20(7-3)11-12-21-18-10-8-9-17(13-18)14-19-4/h8-10,13,16,19H,5-7,11-12,14-15H2,1-4H3. The zero-order valence-corrected chi connectivity index (χ0v) is 14.2. The average molecular weight is 292 g/mol. The molecule has 0 aliphatic rings. The summed E-state index contributed by atoms with van der Waals surface area (Å²) in [4.78, 5) is 2.50. The van der Waals surface area contributed by atoms with Gasteiger partial charge in [0.1, 0.15) is 12.4 Å². The highest BCUT2D eigenvalue weighted by atomic mass is 16.5. The van der Waals surface area contributed by atoms with Crippen molar-refractivity contribution in [3.8, 4) is 5.75 Å². The quantitative estimate of drug-likeness (QED) is 0.675. The highest BCUT2D eigenvalue weighted by Crippen LogP contribution is 2.14. The smallest absolute Gasteiger partial charge is 0.119 e. The summed E-state index contributed by atoms with van der Waals surface area (Å²) in [6.07, 6.45) is 2.53. The summed E-state index contributed by atoms with van der Waals surface area (Å²) in [7, 11) is 1.96. The third-order valence-electron chi connectivity index (χ3n) is 4.07. The lowest BCUT2D eigenvalue weighted by molar-refractivity contribution is 0.188. The zero-order valence-electron chi connectivity index (χ0n) is 14.2. The van der Waals surface area contributed by atoms with E-state index in [0.29, 0.717) is 0 Å². The molecule has 0 heterocycles. The molecular formula is C18H32N2O. The zero-order chi connectivity index (χ0) is 15.5. The Morgan fingerprint density at radius 2 is 1.95 bits per heavy atom. The molecule has 0 spiro atoms. The summed E-state index contributed by atoms with van der Waals surface area (Å²) in [6, 6.07) is 8.34. The monoisotopic (exact) mass is 292 g/mol. The van der Waals surface area contributed by atoms with Gasteiger partial charge in [0, 0.05) is 19.6 Å². The van der Waals surface area contributed by atoms with Gasteiger partial charge < -0.3 is 10.1 Å². The Bertz CT molecular complexity index is 377. The molecule has 0 aromatic heterocycles. The lowest BCUT2D eigenvalue weighted by atomic mass is 10.0. The molecule has 1 rings (SSSR count). The Labute approximate surface area is 130 Å². The highest BCUT2D eigenvalue weighted by Gasteiger charge is 2.09. The topological polar surface area (TPSA) is 24.5 Å². The first-order chi connectivity index (χ1) is 10.2. The van der Waals surface area contributed by atoms with Crippen LogP contribution < -0.4 is 10.1 Å². The molecule has 1 N–H and O–H groups in total. The molecule has 0 amide bonds. The van der Waals surface area contributed by atoms with Gasteiger partial charge in [0.2, 0.25) is 0 Å². The molecule has 0 saturated carbocycles. The molecule has 0 atom stereocenters. The maximum atomic E-state index is 5.90. The first-order valence-corrected chi connectivity index (χ1v) is 8.32. The Kier molecular flexibility index (Phi) is 9.11. The number of hydrogen-bond acceptors (Lipinski definition) is 3. The minimum atomic E-state index is 0.761. The van der Waals surface area contributed by atoms with Crippen molar-refractivity contribution in [2.24, 2.45) is 5.92 Å². The summed E-state index contributed by atoms with van der Waals surface area (Å²) in [5.74, 6) is 1.78. The molecule has 0 aliphatic carbocycles. The van der Waals surface area contributed by atoms with Gasteiger partial charge in [-0.3, -0.25) is 4.90 Å². The fourth-order valence-electron chi connectivity index (χ4n) is 2.53. The Balaban J connectivity index is 2.38. The highest BCUT2D eigenvalue weighted by molar-refractivity contribution is 5.28. The van der Waals surface area contributed by atoms with E-state index in [9.17, 15) is 0 Å². The second kappa shape index (κ2) is 10.6. The van der Waals surface area contributed by atoms with Gasteiger partial charge in [0.25, 0.3) is 0 Å². The van der Waals surface area contributed by atoms with E-state index in [-0.39, 0.29) is 0 Å². The van der Waals surface area contributed by atoms with Crippen molar-refractivity contribution in [2.45, 2.75) is 40.2 Å². The Hall–Kier alpha value is -1.06. The largest absolute Gasteiger partial charge is 0.492 e. The van der Waals surface area contributed by atoms with Gasteiger partial charge in [-0.1, -0.05) is 45.7 Å². The maximum Gasteiger partial charge on any atom is 0.119 e. The number of nitrogens with one attached hydrogen (secondary N) is 1. The van der Waals surface area contributed by atoms with Crippen LogP contribution in [0.1, 0.15) is 39.2 Å². The van der Waals surface area contributed by atoms with Crippen LogP contribution in [-0.2, 0) is 6.54 Å². The molecule has 120 valence electrons. The summed E-state index contributed by atoms with van der Waals surface area (Å²) in [6.45, 7) is 11.7. The molecule has 1 aromatic carbocycles. The molecule has 3 heteroatoms. The van der Waals surface area contributed by atoms with Crippen LogP contribution in [0.25, 0.3) is 0 Å². The van der Waals surface area contributed by atoms with Crippen molar-refractivity contribution < 1.29 is 4.74 Å². The van der Waals surface area contributed by atoms with Crippen molar-refractivity contribution in [3.63, 3.8) is 0 Å². The van der Waals surface area contributed by atoms with Crippen LogP contribution in [0.2, 0.25) is 0 Å². The molecule has 0 aliphatic heterocycles. The number of benzene rings is 1. The van der Waals surface area contributed by atoms with E-state index >= 15 is 0 Å². The molecule has 0 fully saturated rings. The first kappa shape index (κ1) is 18.0. The van der Waals surface area contributed by atoms with Crippen LogP contribution >= 0.6 is 0 Å². The molecule has 0 bridgehead atoms. The number of nitrogens with zero attached hydrogens (tertiary/aromatic N) is 1. The molecule has 0 saturated heterocycles.